The van der Waals surface area contributed by atoms with E-state index in [9.17, 15) is 4.79 Å². The molecule has 0 aliphatic heterocycles. The number of amides is 1. The van der Waals surface area contributed by atoms with Gasteiger partial charge in [-0.1, -0.05) is 20.8 Å². The van der Waals surface area contributed by atoms with Crippen molar-refractivity contribution in [3.8, 4) is 0 Å². The number of aromatic nitrogens is 2. The molecular weight excluding hydrogens is 202 g/mol. The summed E-state index contributed by atoms with van der Waals surface area (Å²) in [6.45, 7) is 12.0. The third kappa shape index (κ3) is 3.36. The van der Waals surface area contributed by atoms with Gasteiger partial charge in [-0.3, -0.25) is 4.79 Å². The quantitative estimate of drug-likeness (QED) is 0.767. The van der Waals surface area contributed by atoms with E-state index in [0.29, 0.717) is 5.69 Å². The van der Waals surface area contributed by atoms with Gasteiger partial charge in [0.05, 0.1) is 6.20 Å². The molecule has 0 atom stereocenters. The first-order valence-electron chi connectivity index (χ1n) is 5.47. The first-order valence-corrected chi connectivity index (χ1v) is 5.47. The number of hydrogen-bond donors (Lipinski definition) is 2. The Balaban J connectivity index is 2.83. The zero-order valence-corrected chi connectivity index (χ0v) is 10.9. The van der Waals surface area contributed by atoms with E-state index in [1.165, 1.54) is 0 Å². The van der Waals surface area contributed by atoms with Crippen LogP contribution < -0.4 is 5.32 Å². The number of nitrogens with one attached hydrogen (secondary N) is 2. The van der Waals surface area contributed by atoms with Gasteiger partial charge in [-0.15, -0.1) is 0 Å². The number of nitrogens with zero attached hydrogens (tertiary/aromatic N) is 1. The Kier molecular flexibility index (Phi) is 3.13. The van der Waals surface area contributed by atoms with Crippen LogP contribution >= 0.6 is 0 Å². The van der Waals surface area contributed by atoms with E-state index < -0.39 is 0 Å². The molecule has 1 heterocycles. The van der Waals surface area contributed by atoms with Gasteiger partial charge >= 0.3 is 0 Å². The number of rotatable bonds is 1. The third-order valence-corrected chi connectivity index (χ3v) is 2.02. The summed E-state index contributed by atoms with van der Waals surface area (Å²) in [4.78, 5) is 19.1. The van der Waals surface area contributed by atoms with E-state index in [1.54, 1.807) is 6.20 Å². The summed E-state index contributed by atoms with van der Waals surface area (Å²) in [7, 11) is 0. The molecule has 4 nitrogen and oxygen atoms in total. The SMILES string of the molecule is CC(C)(C)NC(=O)c1cnc(C(C)(C)C)[nH]1. The van der Waals surface area contributed by atoms with Crippen molar-refractivity contribution in [2.24, 2.45) is 0 Å². The minimum absolute atomic E-state index is 0.0692. The predicted octanol–water partition coefficient (Wildman–Crippen LogP) is 2.24. The Morgan fingerprint density at radius 2 is 1.81 bits per heavy atom. The molecule has 0 aliphatic rings. The monoisotopic (exact) mass is 223 g/mol. The van der Waals surface area contributed by atoms with Crippen LogP contribution in [0.5, 0.6) is 0 Å². The summed E-state index contributed by atoms with van der Waals surface area (Å²) in [5, 5.41) is 2.89. The van der Waals surface area contributed by atoms with E-state index in [2.05, 4.69) is 36.1 Å². The molecule has 4 heteroatoms. The number of carbonyl (C=O) groups excluding carboxylic acids is 1. The van der Waals surface area contributed by atoms with Crippen LogP contribution in [0.1, 0.15) is 57.9 Å². The number of aromatic amines is 1. The second-order valence-corrected chi connectivity index (χ2v) is 6.10. The first-order chi connectivity index (χ1) is 7.09. The molecule has 16 heavy (non-hydrogen) atoms. The molecular formula is C12H21N3O. The van der Waals surface area contributed by atoms with Crippen molar-refractivity contribution in [1.29, 1.82) is 0 Å². The predicted molar refractivity (Wildman–Crippen MR) is 64.5 cm³/mol. The molecule has 0 aromatic carbocycles. The van der Waals surface area contributed by atoms with Gasteiger partial charge in [0, 0.05) is 11.0 Å². The number of carbonyl (C=O) groups is 1. The van der Waals surface area contributed by atoms with Crippen molar-refractivity contribution in [3.63, 3.8) is 0 Å². The number of imidazole rings is 1. The van der Waals surface area contributed by atoms with Crippen LogP contribution in [0.4, 0.5) is 0 Å². The summed E-state index contributed by atoms with van der Waals surface area (Å²) in [6, 6.07) is 0. The second kappa shape index (κ2) is 3.92. The highest BCUT2D eigenvalue weighted by Crippen LogP contribution is 2.18. The highest BCUT2D eigenvalue weighted by Gasteiger charge is 2.21. The molecule has 1 aromatic rings. The van der Waals surface area contributed by atoms with E-state index in [-0.39, 0.29) is 16.9 Å². The molecule has 0 unspecified atom stereocenters. The van der Waals surface area contributed by atoms with Crippen molar-refractivity contribution >= 4 is 5.91 Å². The van der Waals surface area contributed by atoms with Gasteiger partial charge in [-0.2, -0.15) is 0 Å². The van der Waals surface area contributed by atoms with Crippen LogP contribution in [-0.4, -0.2) is 21.4 Å². The van der Waals surface area contributed by atoms with Gasteiger partial charge < -0.3 is 10.3 Å². The summed E-state index contributed by atoms with van der Waals surface area (Å²) >= 11 is 0. The highest BCUT2D eigenvalue weighted by molar-refractivity contribution is 5.92. The van der Waals surface area contributed by atoms with Crippen LogP contribution in [0.25, 0.3) is 0 Å². The van der Waals surface area contributed by atoms with Gasteiger partial charge in [0.2, 0.25) is 0 Å². The molecule has 1 aromatic heterocycles. The summed E-state index contributed by atoms with van der Waals surface area (Å²) < 4.78 is 0. The van der Waals surface area contributed by atoms with Crippen molar-refractivity contribution < 1.29 is 4.79 Å². The van der Waals surface area contributed by atoms with Crippen molar-refractivity contribution in [2.75, 3.05) is 0 Å². The lowest BCUT2D eigenvalue weighted by molar-refractivity contribution is 0.0914. The second-order valence-electron chi connectivity index (χ2n) is 6.10. The fraction of sp³-hybridized carbons (Fsp3) is 0.667. The van der Waals surface area contributed by atoms with Gasteiger partial charge in [-0.25, -0.2) is 4.98 Å². The Morgan fingerprint density at radius 3 is 2.19 bits per heavy atom. The third-order valence-electron chi connectivity index (χ3n) is 2.02. The average Bonchev–Trinajstić information content (AvgIpc) is 2.46. The maximum absolute atomic E-state index is 11.8. The Bertz CT molecular complexity index is 380. The van der Waals surface area contributed by atoms with E-state index >= 15 is 0 Å². The highest BCUT2D eigenvalue weighted by atomic mass is 16.2. The average molecular weight is 223 g/mol. The van der Waals surface area contributed by atoms with Crippen LogP contribution in [0.2, 0.25) is 0 Å². The normalized spacial score (nSPS) is 12.6. The Hall–Kier alpha value is -1.32. The minimum Gasteiger partial charge on any atom is -0.346 e. The molecule has 2 N–H and O–H groups in total. The topological polar surface area (TPSA) is 57.8 Å². The molecule has 0 aliphatic carbocycles. The van der Waals surface area contributed by atoms with Crippen LogP contribution in [0.15, 0.2) is 6.20 Å². The van der Waals surface area contributed by atoms with Gasteiger partial charge in [0.1, 0.15) is 11.5 Å². The molecule has 1 amide bonds. The van der Waals surface area contributed by atoms with Gasteiger partial charge in [0.25, 0.3) is 5.91 Å². The summed E-state index contributed by atoms with van der Waals surface area (Å²) in [5.41, 5.74) is 0.213. The maximum Gasteiger partial charge on any atom is 0.269 e. The Morgan fingerprint density at radius 1 is 1.25 bits per heavy atom. The number of H-pyrrole nitrogens is 1. The minimum atomic E-state index is -0.232. The lowest BCUT2D eigenvalue weighted by Gasteiger charge is -2.20. The zero-order chi connectivity index (χ0) is 12.6. The first kappa shape index (κ1) is 12.7. The number of hydrogen-bond acceptors (Lipinski definition) is 2. The van der Waals surface area contributed by atoms with E-state index in [0.717, 1.165) is 5.82 Å². The molecule has 1 rings (SSSR count). The van der Waals surface area contributed by atoms with E-state index in [4.69, 9.17) is 0 Å². The molecule has 0 saturated heterocycles. The smallest absolute Gasteiger partial charge is 0.269 e. The van der Waals surface area contributed by atoms with Crippen LogP contribution in [0.3, 0.4) is 0 Å². The molecule has 0 fully saturated rings. The fourth-order valence-corrected chi connectivity index (χ4v) is 1.23. The van der Waals surface area contributed by atoms with E-state index in [1.807, 2.05) is 20.8 Å². The van der Waals surface area contributed by atoms with Crippen molar-refractivity contribution in [2.45, 2.75) is 52.5 Å². The summed E-state index contributed by atoms with van der Waals surface area (Å²) in [5.74, 6) is 0.710. The molecule has 90 valence electrons. The molecule has 0 spiro atoms. The van der Waals surface area contributed by atoms with Crippen LogP contribution in [-0.2, 0) is 5.41 Å². The Labute approximate surface area is 96.9 Å². The molecule has 0 bridgehead atoms. The molecule has 0 saturated carbocycles. The summed E-state index contributed by atoms with van der Waals surface area (Å²) in [6.07, 6.45) is 1.58. The lowest BCUT2D eigenvalue weighted by Crippen LogP contribution is -2.40. The molecule has 0 radical (unpaired) electrons. The standard InChI is InChI=1S/C12H21N3O/c1-11(2,3)10-13-7-8(14-10)9(16)15-12(4,5)6/h7H,1-6H3,(H,13,14)(H,15,16). The van der Waals surface area contributed by atoms with Crippen molar-refractivity contribution in [1.82, 2.24) is 15.3 Å². The van der Waals surface area contributed by atoms with Crippen molar-refractivity contribution in [3.05, 3.63) is 17.7 Å². The fourth-order valence-electron chi connectivity index (χ4n) is 1.23. The largest absolute Gasteiger partial charge is 0.346 e. The van der Waals surface area contributed by atoms with Crippen LogP contribution in [0, 0.1) is 0 Å². The maximum atomic E-state index is 11.8. The van der Waals surface area contributed by atoms with Gasteiger partial charge in [-0.05, 0) is 20.8 Å². The van der Waals surface area contributed by atoms with Gasteiger partial charge in [0.15, 0.2) is 0 Å². The zero-order valence-electron chi connectivity index (χ0n) is 10.9. The lowest BCUT2D eigenvalue weighted by atomic mass is 9.96.